The highest BCUT2D eigenvalue weighted by Crippen LogP contribution is 2.28. The zero-order valence-corrected chi connectivity index (χ0v) is 17.9. The van der Waals surface area contributed by atoms with Crippen LogP contribution in [0.15, 0.2) is 69.0 Å². The molecule has 2 heterocycles. The van der Waals surface area contributed by atoms with E-state index < -0.39 is 0 Å². The SMILES string of the molecule is COc1cccc(-c2cc(=O)[nH]c(SCc3nc(-c4cccc(Cl)c4)oc3C)n2)c1. The lowest BCUT2D eigenvalue weighted by atomic mass is 10.1. The molecule has 30 heavy (non-hydrogen) atoms. The van der Waals surface area contributed by atoms with Gasteiger partial charge in [0.2, 0.25) is 5.89 Å². The number of halogens is 1. The van der Waals surface area contributed by atoms with Gasteiger partial charge in [-0.15, -0.1) is 0 Å². The normalized spacial score (nSPS) is 10.9. The van der Waals surface area contributed by atoms with Crippen LogP contribution in [0.2, 0.25) is 5.02 Å². The van der Waals surface area contributed by atoms with E-state index in [4.69, 9.17) is 20.8 Å². The minimum atomic E-state index is -0.221. The lowest BCUT2D eigenvalue weighted by molar-refractivity contribution is 0.415. The van der Waals surface area contributed by atoms with Crippen LogP contribution in [0.3, 0.4) is 0 Å². The van der Waals surface area contributed by atoms with Gasteiger partial charge in [0, 0.05) is 28.0 Å². The number of H-pyrrole nitrogens is 1. The maximum Gasteiger partial charge on any atom is 0.252 e. The van der Waals surface area contributed by atoms with Crippen molar-refractivity contribution in [3.8, 4) is 28.5 Å². The summed E-state index contributed by atoms with van der Waals surface area (Å²) in [6.07, 6.45) is 0. The van der Waals surface area contributed by atoms with Crippen molar-refractivity contribution >= 4 is 23.4 Å². The maximum absolute atomic E-state index is 12.2. The number of nitrogens with zero attached hydrogens (tertiary/aromatic N) is 2. The molecule has 0 aliphatic carbocycles. The van der Waals surface area contributed by atoms with Gasteiger partial charge in [-0.25, -0.2) is 9.97 Å². The predicted octanol–water partition coefficient (Wildman–Crippen LogP) is 5.35. The fourth-order valence-corrected chi connectivity index (χ4v) is 3.94. The summed E-state index contributed by atoms with van der Waals surface area (Å²) >= 11 is 7.44. The van der Waals surface area contributed by atoms with Crippen LogP contribution in [0.5, 0.6) is 5.75 Å². The van der Waals surface area contributed by atoms with Gasteiger partial charge in [-0.3, -0.25) is 4.79 Å². The summed E-state index contributed by atoms with van der Waals surface area (Å²) < 4.78 is 11.1. The first-order chi connectivity index (χ1) is 14.5. The molecule has 6 nitrogen and oxygen atoms in total. The number of nitrogens with one attached hydrogen (secondary N) is 1. The maximum atomic E-state index is 12.2. The molecule has 152 valence electrons. The Bertz CT molecular complexity index is 1250. The average molecular weight is 440 g/mol. The molecule has 0 spiro atoms. The molecule has 2 aromatic carbocycles. The number of aromatic nitrogens is 3. The van der Waals surface area contributed by atoms with Gasteiger partial charge in [0.05, 0.1) is 18.5 Å². The van der Waals surface area contributed by atoms with Crippen LogP contribution in [-0.4, -0.2) is 22.1 Å². The Kier molecular flexibility index (Phi) is 5.92. The summed E-state index contributed by atoms with van der Waals surface area (Å²) in [5, 5.41) is 1.13. The van der Waals surface area contributed by atoms with Crippen molar-refractivity contribution in [2.75, 3.05) is 7.11 Å². The van der Waals surface area contributed by atoms with Crippen LogP contribution in [0.25, 0.3) is 22.7 Å². The molecule has 0 aliphatic rings. The van der Waals surface area contributed by atoms with Gasteiger partial charge in [-0.2, -0.15) is 0 Å². The minimum absolute atomic E-state index is 0.221. The summed E-state index contributed by atoms with van der Waals surface area (Å²) in [5.74, 6) is 2.43. The number of thioether (sulfide) groups is 1. The second-order valence-corrected chi connectivity index (χ2v) is 7.89. The molecule has 0 saturated heterocycles. The van der Waals surface area contributed by atoms with Crippen LogP contribution in [0.4, 0.5) is 0 Å². The number of ether oxygens (including phenoxy) is 1. The number of rotatable bonds is 6. The lowest BCUT2D eigenvalue weighted by Crippen LogP contribution is -2.08. The zero-order valence-electron chi connectivity index (χ0n) is 16.3. The molecule has 2 aromatic heterocycles. The second kappa shape index (κ2) is 8.77. The lowest BCUT2D eigenvalue weighted by Gasteiger charge is -2.06. The number of methoxy groups -OCH3 is 1. The third-order valence-corrected chi connectivity index (χ3v) is 5.51. The topological polar surface area (TPSA) is 81.0 Å². The molecule has 8 heteroatoms. The highest BCUT2D eigenvalue weighted by molar-refractivity contribution is 7.98. The van der Waals surface area contributed by atoms with E-state index in [1.165, 1.54) is 17.8 Å². The van der Waals surface area contributed by atoms with Crippen LogP contribution >= 0.6 is 23.4 Å². The highest BCUT2D eigenvalue weighted by atomic mass is 35.5. The van der Waals surface area contributed by atoms with Crippen LogP contribution < -0.4 is 10.3 Å². The van der Waals surface area contributed by atoms with E-state index in [-0.39, 0.29) is 5.56 Å². The standard InChI is InChI=1S/C22H18ClN3O3S/c1-13-19(24-21(29-13)15-6-3-7-16(23)9-15)12-30-22-25-18(11-20(27)26-22)14-5-4-8-17(10-14)28-2/h3-11H,12H2,1-2H3,(H,25,26,27). The third-order valence-electron chi connectivity index (χ3n) is 4.40. The molecule has 0 radical (unpaired) electrons. The van der Waals surface area contributed by atoms with Gasteiger partial charge in [-0.05, 0) is 37.3 Å². The van der Waals surface area contributed by atoms with Gasteiger partial charge in [-0.1, -0.05) is 41.6 Å². The fraction of sp³-hybridized carbons (Fsp3) is 0.136. The average Bonchev–Trinajstić information content (AvgIpc) is 3.12. The Morgan fingerprint density at radius 1 is 1.10 bits per heavy atom. The molecule has 0 unspecified atom stereocenters. The molecule has 0 saturated carbocycles. The summed E-state index contributed by atoms with van der Waals surface area (Å²) in [6, 6.07) is 16.3. The Morgan fingerprint density at radius 2 is 1.90 bits per heavy atom. The van der Waals surface area contributed by atoms with Gasteiger partial charge in [0.15, 0.2) is 5.16 Å². The van der Waals surface area contributed by atoms with Crippen molar-refractivity contribution in [1.82, 2.24) is 15.0 Å². The first kappa shape index (κ1) is 20.3. The Balaban J connectivity index is 1.56. The Labute approximate surface area is 182 Å². The van der Waals surface area contributed by atoms with Crippen molar-refractivity contribution in [2.45, 2.75) is 17.8 Å². The molecule has 4 aromatic rings. The smallest absolute Gasteiger partial charge is 0.252 e. The highest BCUT2D eigenvalue weighted by Gasteiger charge is 2.13. The summed E-state index contributed by atoms with van der Waals surface area (Å²) in [5.41, 5.74) is 2.76. The van der Waals surface area contributed by atoms with Gasteiger partial charge >= 0.3 is 0 Å². The molecule has 1 N–H and O–H groups in total. The van der Waals surface area contributed by atoms with Crippen molar-refractivity contribution in [2.24, 2.45) is 0 Å². The number of benzene rings is 2. The number of hydrogen-bond donors (Lipinski definition) is 1. The number of oxazole rings is 1. The number of aromatic amines is 1. The molecule has 0 atom stereocenters. The number of aryl methyl sites for hydroxylation is 1. The molecular formula is C22H18ClN3O3S. The minimum Gasteiger partial charge on any atom is -0.497 e. The Hall–Kier alpha value is -3.03. The van der Waals surface area contributed by atoms with Crippen LogP contribution in [0.1, 0.15) is 11.5 Å². The van der Waals surface area contributed by atoms with E-state index in [0.29, 0.717) is 39.0 Å². The van der Waals surface area contributed by atoms with Crippen molar-refractivity contribution in [1.29, 1.82) is 0 Å². The molecule has 0 fully saturated rings. The summed E-state index contributed by atoms with van der Waals surface area (Å²) in [6.45, 7) is 1.86. The first-order valence-corrected chi connectivity index (χ1v) is 10.5. The molecular weight excluding hydrogens is 422 g/mol. The van der Waals surface area contributed by atoms with E-state index in [0.717, 1.165) is 16.8 Å². The third kappa shape index (κ3) is 4.58. The van der Waals surface area contributed by atoms with E-state index in [1.807, 2.05) is 43.3 Å². The first-order valence-electron chi connectivity index (χ1n) is 9.12. The van der Waals surface area contributed by atoms with E-state index in [1.54, 1.807) is 19.2 Å². The van der Waals surface area contributed by atoms with Gasteiger partial charge < -0.3 is 14.1 Å². The predicted molar refractivity (Wildman–Crippen MR) is 118 cm³/mol. The molecule has 4 rings (SSSR count). The quantitative estimate of drug-likeness (QED) is 0.322. The van der Waals surface area contributed by atoms with Crippen LogP contribution in [-0.2, 0) is 5.75 Å². The summed E-state index contributed by atoms with van der Waals surface area (Å²) in [7, 11) is 1.60. The number of hydrogen-bond acceptors (Lipinski definition) is 6. The molecule has 0 aliphatic heterocycles. The fourth-order valence-electron chi connectivity index (χ4n) is 2.88. The van der Waals surface area contributed by atoms with Gasteiger partial charge in [0.1, 0.15) is 11.5 Å². The molecule has 0 amide bonds. The second-order valence-electron chi connectivity index (χ2n) is 6.49. The van der Waals surface area contributed by atoms with E-state index in [9.17, 15) is 4.79 Å². The Morgan fingerprint density at radius 3 is 2.70 bits per heavy atom. The van der Waals surface area contributed by atoms with Crippen molar-refractivity contribution < 1.29 is 9.15 Å². The van der Waals surface area contributed by atoms with Gasteiger partial charge in [0.25, 0.3) is 5.56 Å². The monoisotopic (exact) mass is 439 g/mol. The van der Waals surface area contributed by atoms with Crippen molar-refractivity contribution in [3.05, 3.63) is 81.4 Å². The van der Waals surface area contributed by atoms with E-state index in [2.05, 4.69) is 15.0 Å². The molecule has 0 bridgehead atoms. The van der Waals surface area contributed by atoms with E-state index >= 15 is 0 Å². The van der Waals surface area contributed by atoms with Crippen molar-refractivity contribution in [3.63, 3.8) is 0 Å². The largest absolute Gasteiger partial charge is 0.497 e. The van der Waals surface area contributed by atoms with Crippen LogP contribution in [0, 0.1) is 6.92 Å². The summed E-state index contributed by atoms with van der Waals surface area (Å²) in [4.78, 5) is 24.1. The zero-order chi connectivity index (χ0) is 21.1.